The number of hydrogen-bond donors (Lipinski definition) is 4. The van der Waals surface area contributed by atoms with Crippen molar-refractivity contribution >= 4 is 21.5 Å². The number of nitrogen functional groups attached to an aromatic ring is 1. The summed E-state index contributed by atoms with van der Waals surface area (Å²) in [5.41, 5.74) is 14.0. The molecule has 0 radical (unpaired) electrons. The minimum atomic E-state index is -5.28. The number of hydrogen-bond acceptors (Lipinski definition) is 9. The van der Waals surface area contributed by atoms with Crippen molar-refractivity contribution in [3.63, 3.8) is 0 Å². The number of nitrogens with zero attached hydrogens (tertiary/aromatic N) is 5. The fourth-order valence-corrected chi connectivity index (χ4v) is 3.93. The van der Waals surface area contributed by atoms with Crippen LogP contribution in [0.5, 0.6) is 0 Å². The molecule has 0 spiro atoms. The topological polar surface area (TPSA) is 232 Å². The van der Waals surface area contributed by atoms with Gasteiger partial charge in [0.15, 0.2) is 0 Å². The van der Waals surface area contributed by atoms with Crippen molar-refractivity contribution < 1.29 is 37.4 Å². The molecule has 1 aliphatic rings. The summed E-state index contributed by atoms with van der Waals surface area (Å²) < 4.78 is 36.9. The van der Waals surface area contributed by atoms with Gasteiger partial charge in [-0.2, -0.15) is 9.29 Å². The average Bonchev–Trinajstić information content (AvgIpc) is 2.90. The van der Waals surface area contributed by atoms with Gasteiger partial charge in [0.05, 0.1) is 18.8 Å². The van der Waals surface area contributed by atoms with E-state index >= 15 is 0 Å². The molecule has 2 heterocycles. The van der Waals surface area contributed by atoms with Crippen molar-refractivity contribution in [3.8, 4) is 0 Å². The Labute approximate surface area is 151 Å². The summed E-state index contributed by atoms with van der Waals surface area (Å²) in [6.45, 7) is 0.907. The summed E-state index contributed by atoms with van der Waals surface area (Å²) in [6, 6.07) is -0.903. The van der Waals surface area contributed by atoms with E-state index in [0.717, 1.165) is 4.57 Å². The predicted molar refractivity (Wildman–Crippen MR) is 88.0 cm³/mol. The van der Waals surface area contributed by atoms with E-state index in [-0.39, 0.29) is 12.2 Å². The fraction of sp³-hybridized carbons (Fsp3) is 0.600. The van der Waals surface area contributed by atoms with Crippen LogP contribution in [0.15, 0.2) is 16.1 Å². The number of aryl methyl sites for hydroxylation is 1. The second-order valence-corrected chi connectivity index (χ2v) is 8.30. The van der Waals surface area contributed by atoms with E-state index in [1.54, 1.807) is 6.92 Å². The van der Waals surface area contributed by atoms with Crippen LogP contribution in [0.3, 0.4) is 0 Å². The van der Waals surface area contributed by atoms with Crippen LogP contribution in [0.4, 0.5) is 5.82 Å². The number of azide groups is 1. The van der Waals surface area contributed by atoms with E-state index in [2.05, 4.69) is 23.8 Å². The molecular weight excluding hydrogens is 410 g/mol. The molecule has 15 nitrogen and oxygen atoms in total. The number of phosphoric ester groups is 1. The molecule has 1 aromatic heterocycles. The SMILES string of the molecule is Cc1cn([C@H]2C[C@H](N=[N+]=[N-])[C@@H](COP(=O)(O)OP(=O)(O)O)O2)c(=O)nc1N. The Bertz CT molecular complexity index is 909. The van der Waals surface area contributed by atoms with Gasteiger partial charge in [-0.05, 0) is 12.5 Å². The van der Waals surface area contributed by atoms with Crippen LogP contribution >= 0.6 is 15.6 Å². The van der Waals surface area contributed by atoms with Crippen LogP contribution in [0.2, 0.25) is 0 Å². The van der Waals surface area contributed by atoms with Gasteiger partial charge >= 0.3 is 21.3 Å². The van der Waals surface area contributed by atoms with Gasteiger partial charge in [-0.1, -0.05) is 5.11 Å². The van der Waals surface area contributed by atoms with Gasteiger partial charge in [0, 0.05) is 23.1 Å². The van der Waals surface area contributed by atoms with Gasteiger partial charge in [0.2, 0.25) is 0 Å². The third kappa shape index (κ3) is 5.84. The number of aromatic nitrogens is 2. The highest BCUT2D eigenvalue weighted by Gasteiger charge is 2.40. The van der Waals surface area contributed by atoms with Crippen molar-refractivity contribution in [3.05, 3.63) is 32.7 Å². The van der Waals surface area contributed by atoms with Crippen molar-refractivity contribution in [1.29, 1.82) is 0 Å². The first kappa shape index (κ1) is 21.5. The molecule has 5 N–H and O–H groups in total. The van der Waals surface area contributed by atoms with E-state index < -0.39 is 46.3 Å². The van der Waals surface area contributed by atoms with E-state index in [4.69, 9.17) is 25.8 Å². The summed E-state index contributed by atoms with van der Waals surface area (Å²) in [4.78, 5) is 44.7. The Hall–Kier alpha value is -1.79. The van der Waals surface area contributed by atoms with Crippen LogP contribution in [0.25, 0.3) is 10.4 Å². The lowest BCUT2D eigenvalue weighted by molar-refractivity contribution is -0.0266. The zero-order valence-corrected chi connectivity index (χ0v) is 15.5. The molecule has 0 aliphatic carbocycles. The highest BCUT2D eigenvalue weighted by atomic mass is 31.3. The second kappa shape index (κ2) is 8.07. The number of anilines is 1. The van der Waals surface area contributed by atoms with Crippen molar-refractivity contribution in [1.82, 2.24) is 9.55 Å². The molecule has 2 rings (SSSR count). The van der Waals surface area contributed by atoms with E-state index in [1.807, 2.05) is 0 Å². The Morgan fingerprint density at radius 2 is 2.19 bits per heavy atom. The van der Waals surface area contributed by atoms with Crippen LogP contribution in [0, 0.1) is 6.92 Å². The first-order chi connectivity index (χ1) is 12.4. The molecule has 0 aromatic carbocycles. The number of nitrogens with two attached hydrogens (primary N) is 1. The molecule has 27 heavy (non-hydrogen) atoms. The van der Waals surface area contributed by atoms with Gasteiger partial charge in [-0.25, -0.2) is 13.9 Å². The molecule has 1 aliphatic heterocycles. The van der Waals surface area contributed by atoms with E-state index in [0.29, 0.717) is 5.56 Å². The van der Waals surface area contributed by atoms with Crippen LogP contribution in [-0.4, -0.2) is 43.0 Å². The molecule has 4 atom stereocenters. The average molecular weight is 426 g/mol. The summed E-state index contributed by atoms with van der Waals surface area (Å²) in [6.07, 6.45) is -0.636. The molecule has 0 saturated carbocycles. The van der Waals surface area contributed by atoms with Crippen molar-refractivity contribution in [2.24, 2.45) is 5.11 Å². The molecule has 1 unspecified atom stereocenters. The fourth-order valence-electron chi connectivity index (χ4n) is 2.33. The van der Waals surface area contributed by atoms with Gasteiger partial charge < -0.3 is 25.2 Å². The molecule has 0 bridgehead atoms. The molecule has 150 valence electrons. The largest absolute Gasteiger partial charge is 0.481 e. The molecule has 17 heteroatoms. The van der Waals surface area contributed by atoms with Crippen molar-refractivity contribution in [2.75, 3.05) is 12.3 Å². The Morgan fingerprint density at radius 3 is 2.78 bits per heavy atom. The molecule has 0 amide bonds. The predicted octanol–water partition coefficient (Wildman–Crippen LogP) is 0.327. The van der Waals surface area contributed by atoms with E-state index in [9.17, 15) is 18.8 Å². The summed E-state index contributed by atoms with van der Waals surface area (Å²) in [7, 11) is -10.4. The van der Waals surface area contributed by atoms with Crippen LogP contribution in [0.1, 0.15) is 18.2 Å². The normalized spacial score (nSPS) is 25.0. The number of rotatable bonds is 7. The Kier molecular flexibility index (Phi) is 6.43. The Morgan fingerprint density at radius 1 is 1.52 bits per heavy atom. The quantitative estimate of drug-likeness (QED) is 0.201. The van der Waals surface area contributed by atoms with Gasteiger partial charge in [-0.3, -0.25) is 9.09 Å². The lowest BCUT2D eigenvalue weighted by Gasteiger charge is -2.18. The van der Waals surface area contributed by atoms with Crippen molar-refractivity contribution in [2.45, 2.75) is 31.7 Å². The minimum absolute atomic E-state index is 0.0120. The van der Waals surface area contributed by atoms with Gasteiger partial charge in [-0.15, -0.1) is 0 Å². The second-order valence-electron chi connectivity index (χ2n) is 5.47. The molecule has 1 aromatic rings. The van der Waals surface area contributed by atoms with Gasteiger partial charge in [0.1, 0.15) is 12.0 Å². The van der Waals surface area contributed by atoms with Gasteiger partial charge in [0.25, 0.3) is 0 Å². The maximum atomic E-state index is 12.0. The molecule has 1 saturated heterocycles. The highest BCUT2D eigenvalue weighted by molar-refractivity contribution is 7.60. The summed E-state index contributed by atoms with van der Waals surface area (Å²) in [5.74, 6) is 0.0385. The molecular formula is C10H16N6O9P2. The Balaban J connectivity index is 2.17. The lowest BCUT2D eigenvalue weighted by Crippen LogP contribution is -2.29. The summed E-state index contributed by atoms with van der Waals surface area (Å²) >= 11 is 0. The smallest absolute Gasteiger partial charge is 0.383 e. The standard InChI is InChI=1S/C10H16N6O9P2/c1-5-3-16(10(17)13-9(5)11)8-2-6(14-15-12)7(24-8)4-23-27(21,22)25-26(18,19)20/h3,6-8H,2,4H2,1H3,(H,21,22)(H2,11,13,17)(H2,18,19,20)/t6-,7+,8+/m0/s1. The van der Waals surface area contributed by atoms with Crippen LogP contribution in [-0.2, 0) is 22.7 Å². The number of phosphoric acid groups is 2. The first-order valence-corrected chi connectivity index (χ1v) is 10.2. The lowest BCUT2D eigenvalue weighted by atomic mass is 10.1. The zero-order valence-electron chi connectivity index (χ0n) is 13.7. The monoisotopic (exact) mass is 426 g/mol. The third-order valence-electron chi connectivity index (χ3n) is 3.50. The number of ether oxygens (including phenoxy) is 1. The maximum Gasteiger partial charge on any atom is 0.481 e. The minimum Gasteiger partial charge on any atom is -0.383 e. The first-order valence-electron chi connectivity index (χ1n) is 7.21. The zero-order chi connectivity index (χ0) is 20.4. The highest BCUT2D eigenvalue weighted by Crippen LogP contribution is 2.57. The van der Waals surface area contributed by atoms with Crippen LogP contribution < -0.4 is 11.4 Å². The molecule has 1 fully saturated rings. The maximum absolute atomic E-state index is 12.0. The summed E-state index contributed by atoms with van der Waals surface area (Å²) in [5, 5.41) is 3.48. The van der Waals surface area contributed by atoms with E-state index in [1.165, 1.54) is 6.20 Å². The third-order valence-corrected chi connectivity index (χ3v) is 5.65.